The first-order valence-corrected chi connectivity index (χ1v) is 7.66. The lowest BCUT2D eigenvalue weighted by atomic mass is 10.0. The third kappa shape index (κ3) is 6.31. The number of carbonyl (C=O) groups excluding carboxylic acids is 1. The molecule has 1 unspecified atom stereocenters. The molecule has 0 heterocycles. The van der Waals surface area contributed by atoms with Crippen molar-refractivity contribution in [1.29, 1.82) is 5.26 Å². The summed E-state index contributed by atoms with van der Waals surface area (Å²) in [5, 5.41) is 20.7. The molecule has 0 spiro atoms. The molecule has 6 nitrogen and oxygen atoms in total. The first kappa shape index (κ1) is 19.5. The summed E-state index contributed by atoms with van der Waals surface area (Å²) in [7, 11) is 0. The zero-order valence-electron chi connectivity index (χ0n) is 13.7. The van der Waals surface area contributed by atoms with E-state index in [1.165, 1.54) is 24.3 Å². The van der Waals surface area contributed by atoms with Gasteiger partial charge in [0.15, 0.2) is 6.10 Å². The fourth-order valence-electron chi connectivity index (χ4n) is 1.90. The summed E-state index contributed by atoms with van der Waals surface area (Å²) in [6.07, 6.45) is 1.94. The van der Waals surface area contributed by atoms with E-state index in [-0.39, 0.29) is 0 Å². The SMILES string of the molecule is CCC(Oc1cc(Cl)cc(C#N)c1)C(=O)NC(C)(C)/C=C/C(=O)O. The highest BCUT2D eigenvalue weighted by molar-refractivity contribution is 6.30. The van der Waals surface area contributed by atoms with Gasteiger partial charge in [-0.2, -0.15) is 5.26 Å². The Kier molecular flexibility index (Phi) is 6.81. The number of carboxylic acids is 1. The minimum atomic E-state index is -1.09. The average molecular weight is 351 g/mol. The lowest BCUT2D eigenvalue weighted by Gasteiger charge is -2.26. The van der Waals surface area contributed by atoms with Gasteiger partial charge in [0.1, 0.15) is 5.75 Å². The predicted octanol–water partition coefficient (Wildman–Crippen LogP) is 2.90. The topological polar surface area (TPSA) is 99.4 Å². The summed E-state index contributed by atoms with van der Waals surface area (Å²) in [4.78, 5) is 23.0. The lowest BCUT2D eigenvalue weighted by Crippen LogP contribution is -2.48. The zero-order valence-corrected chi connectivity index (χ0v) is 14.4. The summed E-state index contributed by atoms with van der Waals surface area (Å²) in [6, 6.07) is 6.48. The molecule has 0 radical (unpaired) electrons. The third-order valence-electron chi connectivity index (χ3n) is 3.03. The first-order valence-electron chi connectivity index (χ1n) is 7.28. The van der Waals surface area contributed by atoms with E-state index in [0.29, 0.717) is 22.8 Å². The Balaban J connectivity index is 2.86. The number of hydrogen-bond acceptors (Lipinski definition) is 4. The number of rotatable bonds is 7. The Morgan fingerprint density at radius 3 is 2.67 bits per heavy atom. The van der Waals surface area contributed by atoms with E-state index in [0.717, 1.165) is 6.08 Å². The number of halogens is 1. The van der Waals surface area contributed by atoms with Crippen LogP contribution < -0.4 is 10.1 Å². The van der Waals surface area contributed by atoms with Crippen LogP contribution in [0.25, 0.3) is 0 Å². The number of carboxylic acid groups (broad SMARTS) is 1. The summed E-state index contributed by atoms with van der Waals surface area (Å²) < 4.78 is 5.63. The molecule has 1 atom stereocenters. The molecule has 2 N–H and O–H groups in total. The van der Waals surface area contributed by atoms with Crippen LogP contribution in [0, 0.1) is 11.3 Å². The molecule has 24 heavy (non-hydrogen) atoms. The number of aliphatic carboxylic acids is 1. The normalized spacial score (nSPS) is 12.5. The molecular formula is C17H19ClN2O4. The van der Waals surface area contributed by atoms with Crippen molar-refractivity contribution in [3.05, 3.63) is 40.9 Å². The molecule has 1 rings (SSSR count). The van der Waals surface area contributed by atoms with Gasteiger partial charge in [-0.3, -0.25) is 4.79 Å². The molecule has 0 aliphatic rings. The highest BCUT2D eigenvalue weighted by Gasteiger charge is 2.25. The number of nitrogens with zero attached hydrogens (tertiary/aromatic N) is 1. The van der Waals surface area contributed by atoms with Crippen molar-refractivity contribution in [2.75, 3.05) is 0 Å². The van der Waals surface area contributed by atoms with Gasteiger partial charge in [-0.05, 0) is 38.5 Å². The van der Waals surface area contributed by atoms with Crippen LogP contribution in [0.2, 0.25) is 5.02 Å². The second-order valence-corrected chi connectivity index (χ2v) is 6.12. The molecule has 1 aromatic rings. The fourth-order valence-corrected chi connectivity index (χ4v) is 2.13. The van der Waals surface area contributed by atoms with E-state index >= 15 is 0 Å². The van der Waals surface area contributed by atoms with Crippen molar-refractivity contribution in [2.24, 2.45) is 0 Å². The van der Waals surface area contributed by atoms with Crippen LogP contribution in [0.1, 0.15) is 32.8 Å². The average Bonchev–Trinajstić information content (AvgIpc) is 2.49. The summed E-state index contributed by atoms with van der Waals surface area (Å²) in [5.74, 6) is -1.17. The minimum Gasteiger partial charge on any atom is -0.481 e. The number of nitrogens with one attached hydrogen (secondary N) is 1. The van der Waals surface area contributed by atoms with Gasteiger partial charge in [-0.15, -0.1) is 0 Å². The summed E-state index contributed by atoms with van der Waals surface area (Å²) >= 11 is 5.92. The van der Waals surface area contributed by atoms with Gasteiger partial charge in [0, 0.05) is 11.1 Å². The smallest absolute Gasteiger partial charge is 0.328 e. The number of benzene rings is 1. The highest BCUT2D eigenvalue weighted by atomic mass is 35.5. The van der Waals surface area contributed by atoms with Gasteiger partial charge >= 0.3 is 5.97 Å². The van der Waals surface area contributed by atoms with Crippen LogP contribution in [0.3, 0.4) is 0 Å². The van der Waals surface area contributed by atoms with Crippen LogP contribution in [0.5, 0.6) is 5.75 Å². The molecule has 0 saturated carbocycles. The second kappa shape index (κ2) is 8.37. The quantitative estimate of drug-likeness (QED) is 0.736. The molecule has 0 fully saturated rings. The van der Waals surface area contributed by atoms with Gasteiger partial charge in [0.2, 0.25) is 0 Å². The fraction of sp³-hybridized carbons (Fsp3) is 0.353. The first-order chi connectivity index (χ1) is 11.2. The molecule has 1 amide bonds. The molecule has 7 heteroatoms. The maximum Gasteiger partial charge on any atom is 0.328 e. The largest absolute Gasteiger partial charge is 0.481 e. The molecule has 0 bridgehead atoms. The van der Waals surface area contributed by atoms with E-state index in [2.05, 4.69) is 5.32 Å². The van der Waals surface area contributed by atoms with Gasteiger partial charge in [0.25, 0.3) is 5.91 Å². The lowest BCUT2D eigenvalue weighted by molar-refractivity contribution is -0.132. The van der Waals surface area contributed by atoms with Crippen molar-refractivity contribution >= 4 is 23.5 Å². The van der Waals surface area contributed by atoms with Crippen LogP contribution in [0.4, 0.5) is 0 Å². The molecule has 0 aliphatic heterocycles. The molecule has 128 valence electrons. The second-order valence-electron chi connectivity index (χ2n) is 5.68. The van der Waals surface area contributed by atoms with Crippen molar-refractivity contribution < 1.29 is 19.4 Å². The molecule has 1 aromatic carbocycles. The Morgan fingerprint density at radius 2 is 2.12 bits per heavy atom. The summed E-state index contributed by atoms with van der Waals surface area (Å²) in [5.41, 5.74) is -0.518. The monoisotopic (exact) mass is 350 g/mol. The Bertz CT molecular complexity index is 692. The number of carbonyl (C=O) groups is 2. The highest BCUT2D eigenvalue weighted by Crippen LogP contribution is 2.22. The van der Waals surface area contributed by atoms with Gasteiger partial charge in [-0.25, -0.2) is 4.79 Å². The third-order valence-corrected chi connectivity index (χ3v) is 3.25. The molecule has 0 aromatic heterocycles. The number of hydrogen-bond donors (Lipinski definition) is 2. The van der Waals surface area contributed by atoms with Crippen LogP contribution >= 0.6 is 11.6 Å². The maximum absolute atomic E-state index is 12.4. The van der Waals surface area contributed by atoms with Gasteiger partial charge in [0.05, 0.1) is 17.2 Å². The Hall–Kier alpha value is -2.52. The molecule has 0 aliphatic carbocycles. The van der Waals surface area contributed by atoms with Gasteiger partial charge < -0.3 is 15.2 Å². The zero-order chi connectivity index (χ0) is 18.3. The Labute approximate surface area is 145 Å². The Morgan fingerprint density at radius 1 is 1.46 bits per heavy atom. The van der Waals surface area contributed by atoms with Crippen LogP contribution in [-0.4, -0.2) is 28.6 Å². The minimum absolute atomic E-state index is 0.319. The molecule has 0 saturated heterocycles. The number of amides is 1. The molecular weight excluding hydrogens is 332 g/mol. The van der Waals surface area contributed by atoms with Crippen molar-refractivity contribution in [1.82, 2.24) is 5.32 Å². The maximum atomic E-state index is 12.4. The van der Waals surface area contributed by atoms with E-state index < -0.39 is 23.5 Å². The van der Waals surface area contributed by atoms with Crippen LogP contribution in [-0.2, 0) is 9.59 Å². The van der Waals surface area contributed by atoms with Crippen LogP contribution in [0.15, 0.2) is 30.4 Å². The van der Waals surface area contributed by atoms with E-state index in [1.807, 2.05) is 6.07 Å². The van der Waals surface area contributed by atoms with E-state index in [4.69, 9.17) is 26.7 Å². The van der Waals surface area contributed by atoms with Crippen molar-refractivity contribution in [3.63, 3.8) is 0 Å². The number of nitriles is 1. The van der Waals surface area contributed by atoms with E-state index in [9.17, 15) is 9.59 Å². The van der Waals surface area contributed by atoms with E-state index in [1.54, 1.807) is 20.8 Å². The van der Waals surface area contributed by atoms with Crippen molar-refractivity contribution in [2.45, 2.75) is 38.8 Å². The standard InChI is InChI=1S/C17H19ClN2O4/c1-4-14(16(23)20-17(2,3)6-5-15(21)22)24-13-8-11(10-19)7-12(18)9-13/h5-9,14H,4H2,1-3H3,(H,20,23)(H,21,22)/b6-5+. The van der Waals surface area contributed by atoms with Gasteiger partial charge in [-0.1, -0.05) is 24.6 Å². The summed E-state index contributed by atoms with van der Waals surface area (Å²) in [6.45, 7) is 5.12. The van der Waals surface area contributed by atoms with Crippen molar-refractivity contribution in [3.8, 4) is 11.8 Å². The number of ether oxygens (including phenoxy) is 1. The predicted molar refractivity (Wildman–Crippen MR) is 89.9 cm³/mol.